The van der Waals surface area contributed by atoms with Crippen molar-refractivity contribution >= 4 is 16.8 Å². The lowest BCUT2D eigenvalue weighted by Crippen LogP contribution is -2.84. The predicted octanol–water partition coefficient (Wildman–Crippen LogP) is 1.33. The molecule has 0 saturated carbocycles. The number of rotatable bonds is 7. The van der Waals surface area contributed by atoms with E-state index in [4.69, 9.17) is 10.2 Å². The van der Waals surface area contributed by atoms with Gasteiger partial charge in [-0.25, -0.2) is 4.98 Å². The monoisotopic (exact) mass is 389 g/mol. The number of hydrogen-bond donors (Lipinski definition) is 2. The summed E-state index contributed by atoms with van der Waals surface area (Å²) < 4.78 is 6.99. The number of primary amides is 1. The molecule has 4 aromatic rings. The van der Waals surface area contributed by atoms with Crippen LogP contribution in [0.3, 0.4) is 0 Å². The Kier molecular flexibility index (Phi) is 5.22. The van der Waals surface area contributed by atoms with Crippen molar-refractivity contribution in [3.05, 3.63) is 100 Å². The van der Waals surface area contributed by atoms with E-state index in [1.165, 1.54) is 4.57 Å². The molecule has 4 N–H and O–H groups in total. The first-order valence-corrected chi connectivity index (χ1v) is 9.32. The van der Waals surface area contributed by atoms with E-state index in [1.54, 1.807) is 24.5 Å². The van der Waals surface area contributed by atoms with Gasteiger partial charge in [0.25, 0.3) is 5.56 Å². The molecule has 0 aliphatic heterocycles. The summed E-state index contributed by atoms with van der Waals surface area (Å²) in [6.07, 6.45) is 1.64. The van der Waals surface area contributed by atoms with Gasteiger partial charge < -0.3 is 15.5 Å². The molecule has 146 valence electrons. The van der Waals surface area contributed by atoms with Crippen molar-refractivity contribution in [2.45, 2.75) is 19.1 Å². The van der Waals surface area contributed by atoms with Crippen LogP contribution in [-0.4, -0.2) is 15.5 Å². The smallest absolute Gasteiger partial charge is 0.262 e. The Labute approximate surface area is 166 Å². The molecule has 1 atom stereocenters. The van der Waals surface area contributed by atoms with Crippen molar-refractivity contribution in [2.24, 2.45) is 5.73 Å². The van der Waals surface area contributed by atoms with Crippen LogP contribution in [0, 0.1) is 0 Å². The summed E-state index contributed by atoms with van der Waals surface area (Å²) in [6.45, 7) is 0.157. The van der Waals surface area contributed by atoms with E-state index in [0.29, 0.717) is 23.3 Å². The first-order valence-electron chi connectivity index (χ1n) is 9.32. The largest absolute Gasteiger partial charge is 0.463 e. The molecule has 7 nitrogen and oxygen atoms in total. The highest BCUT2D eigenvalue weighted by atomic mass is 16.3. The Morgan fingerprint density at radius 1 is 1.07 bits per heavy atom. The molecular formula is C22H21N4O3+. The van der Waals surface area contributed by atoms with Gasteiger partial charge in [-0.15, -0.1) is 0 Å². The first-order chi connectivity index (χ1) is 14.1. The molecule has 7 heteroatoms. The summed E-state index contributed by atoms with van der Waals surface area (Å²) in [7, 11) is 0. The molecule has 0 spiro atoms. The topological polar surface area (TPSA) is 108 Å². The Hall–Kier alpha value is -3.71. The maximum Gasteiger partial charge on any atom is 0.262 e. The number of carbonyl (C=O) groups is 1. The summed E-state index contributed by atoms with van der Waals surface area (Å²) in [5.41, 5.74) is 6.76. The lowest BCUT2D eigenvalue weighted by Gasteiger charge is -2.16. The number of aromatic nitrogens is 2. The van der Waals surface area contributed by atoms with Crippen LogP contribution < -0.4 is 16.6 Å². The Balaban J connectivity index is 1.72. The maximum atomic E-state index is 12.9. The van der Waals surface area contributed by atoms with E-state index in [1.807, 2.05) is 53.8 Å². The van der Waals surface area contributed by atoms with Crippen molar-refractivity contribution in [2.75, 3.05) is 0 Å². The highest BCUT2D eigenvalue weighted by Gasteiger charge is 2.22. The van der Waals surface area contributed by atoms with E-state index >= 15 is 0 Å². The van der Waals surface area contributed by atoms with Crippen LogP contribution in [0.4, 0.5) is 0 Å². The number of fused-ring (bicyclic) bond motifs is 1. The molecule has 1 amide bonds. The van der Waals surface area contributed by atoms with Gasteiger partial charge in [-0.05, 0) is 24.3 Å². The minimum atomic E-state index is -0.587. The Bertz CT molecular complexity index is 1180. The molecule has 0 bridgehead atoms. The summed E-state index contributed by atoms with van der Waals surface area (Å²) >= 11 is 0. The average Bonchev–Trinajstić information content (AvgIpc) is 3.26. The van der Waals surface area contributed by atoms with Crippen LogP contribution in [0.1, 0.15) is 23.2 Å². The van der Waals surface area contributed by atoms with Crippen LogP contribution in [-0.2, 0) is 17.9 Å². The van der Waals surface area contributed by atoms with Crippen LogP contribution in [0.2, 0.25) is 0 Å². The molecule has 0 radical (unpaired) electrons. The van der Waals surface area contributed by atoms with E-state index in [-0.39, 0.29) is 18.1 Å². The molecule has 0 unspecified atom stereocenters. The second kappa shape index (κ2) is 8.12. The Morgan fingerprint density at radius 2 is 1.83 bits per heavy atom. The van der Waals surface area contributed by atoms with Gasteiger partial charge >= 0.3 is 0 Å². The highest BCUT2D eigenvalue weighted by molar-refractivity contribution is 5.78. The molecule has 0 aliphatic carbocycles. The number of hydrogen-bond acceptors (Lipinski definition) is 4. The summed E-state index contributed by atoms with van der Waals surface area (Å²) in [5, 5.41) is 2.49. The van der Waals surface area contributed by atoms with E-state index in [9.17, 15) is 9.59 Å². The van der Waals surface area contributed by atoms with Crippen molar-refractivity contribution in [3.8, 4) is 0 Å². The summed E-state index contributed by atoms with van der Waals surface area (Å²) in [6, 6.07) is 20.7. The second-order valence-electron chi connectivity index (χ2n) is 6.75. The van der Waals surface area contributed by atoms with Gasteiger partial charge in [0.05, 0.1) is 17.2 Å². The van der Waals surface area contributed by atoms with Crippen LogP contribution in [0.5, 0.6) is 0 Å². The van der Waals surface area contributed by atoms with Crippen molar-refractivity contribution in [1.82, 2.24) is 9.55 Å². The van der Waals surface area contributed by atoms with Crippen molar-refractivity contribution < 1.29 is 14.5 Å². The van der Waals surface area contributed by atoms with Crippen LogP contribution >= 0.6 is 0 Å². The summed E-state index contributed by atoms with van der Waals surface area (Å²) in [5.74, 6) is 0.692. The highest BCUT2D eigenvalue weighted by Crippen LogP contribution is 2.18. The number of quaternary nitrogens is 1. The van der Waals surface area contributed by atoms with Crippen LogP contribution in [0.15, 0.2) is 82.2 Å². The fourth-order valence-corrected chi connectivity index (χ4v) is 3.46. The first kappa shape index (κ1) is 18.6. The third-order valence-electron chi connectivity index (χ3n) is 4.80. The van der Waals surface area contributed by atoms with Gasteiger partial charge in [-0.2, -0.15) is 0 Å². The van der Waals surface area contributed by atoms with E-state index < -0.39 is 5.91 Å². The van der Waals surface area contributed by atoms with Gasteiger partial charge in [-0.1, -0.05) is 42.5 Å². The SMILES string of the molecule is NC(=O)Cn1c(C[NH2+][C@@H](c2ccccc2)c2ccco2)nc2ccccc2c1=O. The predicted molar refractivity (Wildman–Crippen MR) is 108 cm³/mol. The number of amides is 1. The number of carbonyl (C=O) groups excluding carboxylic acids is 1. The normalized spacial score (nSPS) is 12.1. The van der Waals surface area contributed by atoms with Crippen LogP contribution in [0.25, 0.3) is 10.9 Å². The maximum absolute atomic E-state index is 12.9. The zero-order valence-corrected chi connectivity index (χ0v) is 15.7. The van der Waals surface area contributed by atoms with Gasteiger partial charge in [0.2, 0.25) is 5.91 Å². The fourth-order valence-electron chi connectivity index (χ4n) is 3.46. The van der Waals surface area contributed by atoms with Gasteiger partial charge in [-0.3, -0.25) is 14.2 Å². The third-order valence-corrected chi connectivity index (χ3v) is 4.80. The van der Waals surface area contributed by atoms with Crippen molar-refractivity contribution in [1.29, 1.82) is 0 Å². The van der Waals surface area contributed by atoms with E-state index in [2.05, 4.69) is 4.98 Å². The molecular weight excluding hydrogens is 368 g/mol. The van der Waals surface area contributed by atoms with Gasteiger partial charge in [0, 0.05) is 5.56 Å². The van der Waals surface area contributed by atoms with E-state index in [0.717, 1.165) is 11.3 Å². The third kappa shape index (κ3) is 3.95. The number of benzene rings is 2. The quantitative estimate of drug-likeness (QED) is 0.497. The number of nitrogens with zero attached hydrogens (tertiary/aromatic N) is 2. The molecule has 4 rings (SSSR count). The molecule has 2 aromatic carbocycles. The molecule has 2 aromatic heterocycles. The molecule has 29 heavy (non-hydrogen) atoms. The molecule has 0 saturated heterocycles. The number of para-hydroxylation sites is 1. The molecule has 0 fully saturated rings. The average molecular weight is 389 g/mol. The lowest BCUT2D eigenvalue weighted by molar-refractivity contribution is -0.705. The van der Waals surface area contributed by atoms with Crippen molar-refractivity contribution in [3.63, 3.8) is 0 Å². The summed E-state index contributed by atoms with van der Waals surface area (Å²) in [4.78, 5) is 29.1. The number of furan rings is 1. The molecule has 2 heterocycles. The van der Waals surface area contributed by atoms with Gasteiger partial charge in [0.15, 0.2) is 17.6 Å². The minimum absolute atomic E-state index is 0.114. The second-order valence-corrected chi connectivity index (χ2v) is 6.75. The van der Waals surface area contributed by atoms with Gasteiger partial charge in [0.1, 0.15) is 13.1 Å². The number of nitrogens with two attached hydrogens (primary N) is 2. The minimum Gasteiger partial charge on any atom is -0.463 e. The lowest BCUT2D eigenvalue weighted by atomic mass is 10.0. The fraction of sp³-hybridized carbons (Fsp3) is 0.136. The zero-order chi connectivity index (χ0) is 20.2. The standard InChI is InChI=1S/C22H20N4O3/c23-19(27)14-26-20(25-17-10-5-4-9-16(17)22(26)28)13-24-21(18-11-6-12-29-18)15-7-2-1-3-8-15/h1-12,21,24H,13-14H2,(H2,23,27)/p+1/t21-/m0/s1. The zero-order valence-electron chi connectivity index (χ0n) is 15.7. The Morgan fingerprint density at radius 3 is 2.55 bits per heavy atom. The molecule has 0 aliphatic rings.